The molecule has 1 heterocycles. The minimum Gasteiger partial charge on any atom is -0.484 e. The number of fused-ring (bicyclic) bond motifs is 1. The zero-order chi connectivity index (χ0) is 19.2. The molecule has 0 fully saturated rings. The lowest BCUT2D eigenvalue weighted by molar-refractivity contribution is -0.131. The number of carbonyl (C=O) groups is 2. The quantitative estimate of drug-likeness (QED) is 0.785. The minimum absolute atomic E-state index is 0.0434. The number of carbonyl (C=O) groups excluding carboxylic acids is 2. The highest BCUT2D eigenvalue weighted by molar-refractivity contribution is 5.88. The summed E-state index contributed by atoms with van der Waals surface area (Å²) in [6.45, 7) is 3.69. The van der Waals surface area contributed by atoms with Gasteiger partial charge in [0.05, 0.1) is 12.3 Å². The van der Waals surface area contributed by atoms with Crippen LogP contribution < -0.4 is 15.4 Å². The molecule has 2 atom stereocenters. The third-order valence-corrected chi connectivity index (χ3v) is 4.75. The lowest BCUT2D eigenvalue weighted by atomic mass is 9.92. The van der Waals surface area contributed by atoms with Crippen LogP contribution in [0.5, 0.6) is 5.75 Å². The van der Waals surface area contributed by atoms with Gasteiger partial charge in [0, 0.05) is 12.0 Å². The van der Waals surface area contributed by atoms with E-state index in [-0.39, 0.29) is 30.4 Å². The van der Waals surface area contributed by atoms with Gasteiger partial charge in [-0.05, 0) is 37.0 Å². The molecular formula is C21H26N2O4. The maximum atomic E-state index is 12.8. The fourth-order valence-electron chi connectivity index (χ4n) is 3.31. The lowest BCUT2D eigenvalue weighted by Gasteiger charge is -2.27. The Labute approximate surface area is 159 Å². The monoisotopic (exact) mass is 370 g/mol. The second kappa shape index (κ2) is 8.75. The summed E-state index contributed by atoms with van der Waals surface area (Å²) < 4.78 is 10.9. The molecule has 2 N–H and O–H groups in total. The van der Waals surface area contributed by atoms with Gasteiger partial charge in [0.25, 0.3) is 5.91 Å². The summed E-state index contributed by atoms with van der Waals surface area (Å²) >= 11 is 0. The van der Waals surface area contributed by atoms with Crippen molar-refractivity contribution >= 4 is 11.8 Å². The van der Waals surface area contributed by atoms with E-state index < -0.39 is 6.04 Å². The van der Waals surface area contributed by atoms with E-state index in [4.69, 9.17) is 9.15 Å². The summed E-state index contributed by atoms with van der Waals surface area (Å²) in [7, 11) is 0. The molecule has 27 heavy (non-hydrogen) atoms. The van der Waals surface area contributed by atoms with E-state index in [2.05, 4.69) is 10.6 Å². The number of ether oxygens (including phenoxy) is 1. The fraction of sp³-hybridized carbons (Fsp3) is 0.429. The van der Waals surface area contributed by atoms with Gasteiger partial charge in [0.15, 0.2) is 6.61 Å². The average molecular weight is 370 g/mol. The molecule has 6 nitrogen and oxygen atoms in total. The van der Waals surface area contributed by atoms with Gasteiger partial charge in [-0.3, -0.25) is 9.59 Å². The molecule has 0 spiro atoms. The molecule has 144 valence electrons. The van der Waals surface area contributed by atoms with Crippen LogP contribution in [0.3, 0.4) is 0 Å². The van der Waals surface area contributed by atoms with Gasteiger partial charge in [0.2, 0.25) is 5.91 Å². The van der Waals surface area contributed by atoms with Crippen molar-refractivity contribution in [3.8, 4) is 5.75 Å². The maximum absolute atomic E-state index is 12.8. The highest BCUT2D eigenvalue weighted by Crippen LogP contribution is 2.30. The molecule has 0 bridgehead atoms. The van der Waals surface area contributed by atoms with Gasteiger partial charge in [-0.15, -0.1) is 0 Å². The van der Waals surface area contributed by atoms with E-state index in [1.54, 1.807) is 18.4 Å². The molecule has 0 radical (unpaired) electrons. The highest BCUT2D eigenvalue weighted by atomic mass is 16.5. The zero-order valence-corrected chi connectivity index (χ0v) is 15.7. The first-order chi connectivity index (χ1) is 13.0. The van der Waals surface area contributed by atoms with Gasteiger partial charge in [0.1, 0.15) is 17.6 Å². The van der Waals surface area contributed by atoms with E-state index in [1.165, 1.54) is 0 Å². The highest BCUT2D eigenvalue weighted by Gasteiger charge is 2.29. The number of furan rings is 1. The van der Waals surface area contributed by atoms with Crippen LogP contribution in [-0.2, 0) is 16.0 Å². The van der Waals surface area contributed by atoms with Gasteiger partial charge in [-0.1, -0.05) is 32.0 Å². The molecule has 2 amide bonds. The largest absolute Gasteiger partial charge is 0.484 e. The maximum Gasteiger partial charge on any atom is 0.258 e. The van der Waals surface area contributed by atoms with Crippen molar-refractivity contribution in [2.45, 2.75) is 45.2 Å². The van der Waals surface area contributed by atoms with Gasteiger partial charge in [-0.25, -0.2) is 0 Å². The van der Waals surface area contributed by atoms with Crippen LogP contribution >= 0.6 is 0 Å². The Balaban J connectivity index is 1.57. The summed E-state index contributed by atoms with van der Waals surface area (Å²) in [5.74, 6) is 1.01. The molecule has 0 saturated carbocycles. The molecule has 0 saturated heterocycles. The van der Waals surface area contributed by atoms with Crippen molar-refractivity contribution in [1.29, 1.82) is 0 Å². The summed E-state index contributed by atoms with van der Waals surface area (Å²) in [6, 6.07) is 10.3. The van der Waals surface area contributed by atoms with Crippen molar-refractivity contribution in [2.24, 2.45) is 5.92 Å². The van der Waals surface area contributed by atoms with E-state index in [0.717, 1.165) is 30.6 Å². The molecule has 0 aliphatic heterocycles. The Bertz CT molecular complexity index is 769. The number of aryl methyl sites for hydroxylation is 1. The topological polar surface area (TPSA) is 80.6 Å². The predicted octanol–water partition coefficient (Wildman–Crippen LogP) is 2.99. The molecule has 1 aromatic heterocycles. The van der Waals surface area contributed by atoms with Crippen LogP contribution in [0.1, 0.15) is 44.1 Å². The number of amides is 2. The molecule has 1 aliphatic carbocycles. The van der Waals surface area contributed by atoms with Gasteiger partial charge in [-0.2, -0.15) is 0 Å². The molecular weight excluding hydrogens is 344 g/mol. The smallest absolute Gasteiger partial charge is 0.258 e. The summed E-state index contributed by atoms with van der Waals surface area (Å²) in [5.41, 5.74) is 1.04. The number of para-hydroxylation sites is 1. The zero-order valence-electron chi connectivity index (χ0n) is 15.7. The van der Waals surface area contributed by atoms with Crippen LogP contribution in [0.15, 0.2) is 47.1 Å². The van der Waals surface area contributed by atoms with Crippen molar-refractivity contribution in [2.75, 3.05) is 6.61 Å². The van der Waals surface area contributed by atoms with E-state index in [1.807, 2.05) is 38.1 Å². The van der Waals surface area contributed by atoms with E-state index in [0.29, 0.717) is 5.75 Å². The number of hydrogen-bond donors (Lipinski definition) is 2. The second-order valence-corrected chi connectivity index (χ2v) is 7.14. The van der Waals surface area contributed by atoms with Crippen LogP contribution in [0, 0.1) is 5.92 Å². The average Bonchev–Trinajstić information content (AvgIpc) is 3.15. The number of nitrogens with one attached hydrogen (secondary N) is 2. The van der Waals surface area contributed by atoms with Crippen molar-refractivity contribution < 1.29 is 18.7 Å². The first kappa shape index (κ1) is 19.0. The normalized spacial score (nSPS) is 17.1. The number of hydrogen-bond acceptors (Lipinski definition) is 4. The third kappa shape index (κ3) is 4.90. The minimum atomic E-state index is -0.617. The second-order valence-electron chi connectivity index (χ2n) is 7.14. The molecule has 3 rings (SSSR count). The molecule has 1 aromatic carbocycles. The van der Waals surface area contributed by atoms with Crippen molar-refractivity contribution in [1.82, 2.24) is 10.6 Å². The lowest BCUT2D eigenvalue weighted by Crippen LogP contribution is -2.51. The Kier molecular flexibility index (Phi) is 6.16. The van der Waals surface area contributed by atoms with Crippen LogP contribution in [-0.4, -0.2) is 24.5 Å². The Morgan fingerprint density at radius 2 is 2.00 bits per heavy atom. The molecule has 1 aliphatic rings. The van der Waals surface area contributed by atoms with Crippen LogP contribution in [0.25, 0.3) is 0 Å². The van der Waals surface area contributed by atoms with Gasteiger partial charge >= 0.3 is 0 Å². The van der Waals surface area contributed by atoms with E-state index in [9.17, 15) is 9.59 Å². The Morgan fingerprint density at radius 1 is 1.22 bits per heavy atom. The van der Waals surface area contributed by atoms with E-state index >= 15 is 0 Å². The fourth-order valence-corrected chi connectivity index (χ4v) is 3.31. The molecule has 2 unspecified atom stereocenters. The molecule has 2 aromatic rings. The summed E-state index contributed by atoms with van der Waals surface area (Å²) in [5, 5.41) is 5.86. The molecule has 6 heteroatoms. The third-order valence-electron chi connectivity index (χ3n) is 4.75. The van der Waals surface area contributed by atoms with Crippen molar-refractivity contribution in [3.63, 3.8) is 0 Å². The van der Waals surface area contributed by atoms with Gasteiger partial charge < -0.3 is 19.8 Å². The summed E-state index contributed by atoms with van der Waals surface area (Å²) in [4.78, 5) is 25.1. The first-order valence-corrected chi connectivity index (χ1v) is 9.38. The number of rotatable bonds is 7. The Hall–Kier alpha value is -2.76. The van der Waals surface area contributed by atoms with Crippen LogP contribution in [0.2, 0.25) is 0 Å². The van der Waals surface area contributed by atoms with Crippen LogP contribution in [0.4, 0.5) is 0 Å². The number of benzene rings is 1. The standard InChI is InChI=1S/C21H26N2O4/c1-14(2)20(23-19(24)13-27-15-7-4-3-5-8-15)21(25)22-17-9-6-10-18-16(17)11-12-26-18/h3-5,7-8,11-12,14,17,20H,6,9-10,13H2,1-2H3,(H,22,25)(H,23,24). The SMILES string of the molecule is CC(C)C(NC(=O)COc1ccccc1)C(=O)NC1CCCc2occc21. The summed E-state index contributed by atoms with van der Waals surface area (Å²) in [6.07, 6.45) is 4.40. The predicted molar refractivity (Wildman–Crippen MR) is 101 cm³/mol. The van der Waals surface area contributed by atoms with Crippen molar-refractivity contribution in [3.05, 3.63) is 54.0 Å². The Morgan fingerprint density at radius 3 is 2.74 bits per heavy atom. The first-order valence-electron chi connectivity index (χ1n) is 9.38.